The van der Waals surface area contributed by atoms with E-state index < -0.39 is 0 Å². The van der Waals surface area contributed by atoms with E-state index in [2.05, 4.69) is 57.1 Å². The van der Waals surface area contributed by atoms with E-state index in [1.54, 1.807) is 0 Å². The molecule has 21 heavy (non-hydrogen) atoms. The molecule has 2 aromatic carbocycles. The molecule has 0 amide bonds. The first-order chi connectivity index (χ1) is 10.1. The number of aryl methyl sites for hydroxylation is 1. The summed E-state index contributed by atoms with van der Waals surface area (Å²) in [5.41, 5.74) is 4.27. The van der Waals surface area contributed by atoms with Gasteiger partial charge in [-0.05, 0) is 30.2 Å². The standard InChI is InChI=1S/C17H13BrN2S/c1-11-7-8-13(9-14(11)18)17-19-15(10-16(21)20-17)12-5-3-2-4-6-12/h2-10H,1H3,(H,19,20,21). The molecule has 4 heteroatoms. The van der Waals surface area contributed by atoms with Crippen LogP contribution in [0.2, 0.25) is 0 Å². The monoisotopic (exact) mass is 356 g/mol. The fraction of sp³-hybridized carbons (Fsp3) is 0.0588. The maximum absolute atomic E-state index is 5.30. The summed E-state index contributed by atoms with van der Waals surface area (Å²) in [5.74, 6) is 0.780. The van der Waals surface area contributed by atoms with E-state index in [9.17, 15) is 0 Å². The molecule has 0 aliphatic carbocycles. The molecule has 0 atom stereocenters. The predicted molar refractivity (Wildman–Crippen MR) is 92.7 cm³/mol. The molecular weight excluding hydrogens is 344 g/mol. The average Bonchev–Trinajstić information content (AvgIpc) is 2.50. The lowest BCUT2D eigenvalue weighted by Gasteiger charge is -2.07. The van der Waals surface area contributed by atoms with E-state index in [4.69, 9.17) is 12.2 Å². The molecule has 0 aliphatic heterocycles. The van der Waals surface area contributed by atoms with Crippen molar-refractivity contribution in [2.75, 3.05) is 0 Å². The first-order valence-corrected chi connectivity index (χ1v) is 7.77. The molecule has 2 nitrogen and oxygen atoms in total. The molecule has 0 unspecified atom stereocenters. The summed E-state index contributed by atoms with van der Waals surface area (Å²) >= 11 is 8.86. The van der Waals surface area contributed by atoms with Crippen molar-refractivity contribution in [3.05, 3.63) is 69.3 Å². The van der Waals surface area contributed by atoms with Crippen LogP contribution in [0, 0.1) is 11.6 Å². The van der Waals surface area contributed by atoms with Crippen LogP contribution < -0.4 is 0 Å². The van der Waals surface area contributed by atoms with Crippen molar-refractivity contribution in [1.29, 1.82) is 0 Å². The van der Waals surface area contributed by atoms with Crippen LogP contribution in [0.5, 0.6) is 0 Å². The Morgan fingerprint density at radius 2 is 1.76 bits per heavy atom. The minimum Gasteiger partial charge on any atom is -0.339 e. The highest BCUT2D eigenvalue weighted by atomic mass is 79.9. The molecule has 0 spiro atoms. The first-order valence-electron chi connectivity index (χ1n) is 6.57. The highest BCUT2D eigenvalue weighted by molar-refractivity contribution is 9.10. The van der Waals surface area contributed by atoms with Crippen LogP contribution in [0.4, 0.5) is 0 Å². The summed E-state index contributed by atoms with van der Waals surface area (Å²) in [4.78, 5) is 7.80. The number of H-pyrrole nitrogens is 1. The number of hydrogen-bond donors (Lipinski definition) is 1. The zero-order chi connectivity index (χ0) is 14.8. The molecule has 0 saturated heterocycles. The van der Waals surface area contributed by atoms with Crippen LogP contribution in [0.1, 0.15) is 5.56 Å². The van der Waals surface area contributed by atoms with Crippen LogP contribution in [-0.4, -0.2) is 9.97 Å². The number of halogens is 1. The number of nitrogens with one attached hydrogen (secondary N) is 1. The van der Waals surface area contributed by atoms with Gasteiger partial charge < -0.3 is 4.98 Å². The number of benzene rings is 2. The Hall–Kier alpha value is -1.78. The second kappa shape index (κ2) is 5.92. The van der Waals surface area contributed by atoms with Crippen LogP contribution in [-0.2, 0) is 0 Å². The number of rotatable bonds is 2. The molecule has 0 fully saturated rings. The SMILES string of the molecule is Cc1ccc(-c2nc(=S)cc(-c3ccccc3)[nH]2)cc1Br. The molecule has 104 valence electrons. The van der Waals surface area contributed by atoms with E-state index in [1.165, 1.54) is 5.56 Å². The molecule has 3 rings (SSSR count). The molecule has 0 bridgehead atoms. The van der Waals surface area contributed by atoms with Gasteiger partial charge in [0, 0.05) is 15.7 Å². The van der Waals surface area contributed by atoms with Crippen LogP contribution in [0.3, 0.4) is 0 Å². The van der Waals surface area contributed by atoms with Crippen molar-refractivity contribution in [3.63, 3.8) is 0 Å². The van der Waals surface area contributed by atoms with Gasteiger partial charge in [-0.15, -0.1) is 0 Å². The Balaban J connectivity index is 2.14. The third-order valence-corrected chi connectivity index (χ3v) is 4.34. The molecular formula is C17H13BrN2S. The van der Waals surface area contributed by atoms with Crippen molar-refractivity contribution in [2.45, 2.75) is 6.92 Å². The normalized spacial score (nSPS) is 10.6. The predicted octanol–water partition coefficient (Wildman–Crippen LogP) is 5.54. The van der Waals surface area contributed by atoms with E-state index in [-0.39, 0.29) is 0 Å². The maximum Gasteiger partial charge on any atom is 0.139 e. The molecule has 0 saturated carbocycles. The van der Waals surface area contributed by atoms with Gasteiger partial charge in [0.15, 0.2) is 0 Å². The zero-order valence-electron chi connectivity index (χ0n) is 11.4. The average molecular weight is 357 g/mol. The van der Waals surface area contributed by atoms with Gasteiger partial charge in [0.1, 0.15) is 10.5 Å². The van der Waals surface area contributed by atoms with Gasteiger partial charge in [0.25, 0.3) is 0 Å². The third-order valence-electron chi connectivity index (χ3n) is 3.27. The van der Waals surface area contributed by atoms with Gasteiger partial charge in [0.2, 0.25) is 0 Å². The molecule has 1 N–H and O–H groups in total. The lowest BCUT2D eigenvalue weighted by molar-refractivity contribution is 1.16. The summed E-state index contributed by atoms with van der Waals surface area (Å²) in [6.45, 7) is 2.06. The third kappa shape index (κ3) is 3.12. The first kappa shape index (κ1) is 14.2. The van der Waals surface area contributed by atoms with Gasteiger partial charge in [-0.1, -0.05) is 70.6 Å². The fourth-order valence-corrected chi connectivity index (χ4v) is 2.70. The smallest absolute Gasteiger partial charge is 0.139 e. The Bertz CT molecular complexity index is 841. The van der Waals surface area contributed by atoms with Crippen LogP contribution in [0.15, 0.2) is 59.1 Å². The second-order valence-corrected chi connectivity index (χ2v) is 6.08. The summed E-state index contributed by atoms with van der Waals surface area (Å²) in [6.07, 6.45) is 0. The summed E-state index contributed by atoms with van der Waals surface area (Å²) < 4.78 is 1.64. The lowest BCUT2D eigenvalue weighted by atomic mass is 10.1. The Kier molecular flexibility index (Phi) is 3.99. The summed E-state index contributed by atoms with van der Waals surface area (Å²) in [5, 5.41) is 0. The number of aromatic amines is 1. The van der Waals surface area contributed by atoms with Crippen molar-refractivity contribution in [1.82, 2.24) is 9.97 Å². The van der Waals surface area contributed by atoms with E-state index in [0.717, 1.165) is 27.1 Å². The van der Waals surface area contributed by atoms with Crippen molar-refractivity contribution in [3.8, 4) is 22.6 Å². The zero-order valence-corrected chi connectivity index (χ0v) is 13.8. The number of nitrogens with zero attached hydrogens (tertiary/aromatic N) is 1. The van der Waals surface area contributed by atoms with Crippen molar-refractivity contribution < 1.29 is 0 Å². The Labute approximate surface area is 137 Å². The maximum atomic E-state index is 5.30. The number of aromatic nitrogens is 2. The van der Waals surface area contributed by atoms with E-state index in [1.807, 2.05) is 30.3 Å². The highest BCUT2D eigenvalue weighted by Gasteiger charge is 2.05. The molecule has 1 heterocycles. The molecule has 0 aliphatic rings. The van der Waals surface area contributed by atoms with Crippen LogP contribution >= 0.6 is 28.1 Å². The Morgan fingerprint density at radius 3 is 2.48 bits per heavy atom. The summed E-state index contributed by atoms with van der Waals surface area (Å²) in [6, 6.07) is 18.2. The van der Waals surface area contributed by atoms with Gasteiger partial charge >= 0.3 is 0 Å². The van der Waals surface area contributed by atoms with Crippen molar-refractivity contribution in [2.24, 2.45) is 0 Å². The molecule has 0 radical (unpaired) electrons. The summed E-state index contributed by atoms with van der Waals surface area (Å²) in [7, 11) is 0. The van der Waals surface area contributed by atoms with E-state index in [0.29, 0.717) is 4.64 Å². The topological polar surface area (TPSA) is 28.7 Å². The van der Waals surface area contributed by atoms with Gasteiger partial charge in [0.05, 0.1) is 0 Å². The van der Waals surface area contributed by atoms with E-state index >= 15 is 0 Å². The minimum atomic E-state index is 0.583. The van der Waals surface area contributed by atoms with Crippen molar-refractivity contribution >= 4 is 28.1 Å². The van der Waals surface area contributed by atoms with Gasteiger partial charge in [-0.2, -0.15) is 0 Å². The molecule has 3 aromatic rings. The lowest BCUT2D eigenvalue weighted by Crippen LogP contribution is -1.93. The van der Waals surface area contributed by atoms with Crippen LogP contribution in [0.25, 0.3) is 22.6 Å². The number of hydrogen-bond acceptors (Lipinski definition) is 2. The van der Waals surface area contributed by atoms with Gasteiger partial charge in [-0.25, -0.2) is 4.98 Å². The largest absolute Gasteiger partial charge is 0.339 e. The minimum absolute atomic E-state index is 0.583. The Morgan fingerprint density at radius 1 is 1.00 bits per heavy atom. The fourth-order valence-electron chi connectivity index (χ4n) is 2.11. The second-order valence-electron chi connectivity index (χ2n) is 4.81. The highest BCUT2D eigenvalue weighted by Crippen LogP contribution is 2.25. The quantitative estimate of drug-likeness (QED) is 0.610. The van der Waals surface area contributed by atoms with Gasteiger partial charge in [-0.3, -0.25) is 0 Å². The molecule has 1 aromatic heterocycles.